The van der Waals surface area contributed by atoms with Gasteiger partial charge in [-0.2, -0.15) is 0 Å². The standard InChI is InChI=1S/C23H31N3O2/c1-28-22-9-10-23(27)19(16-22)17-24-11-5-8-21(18-24)26-14-12-25(13-15-26)20-6-3-2-4-7-20/h2-4,6-7,9-10,16,21,27H,5,8,11-15,17-18H2,1H3. The van der Waals surface area contributed by atoms with Gasteiger partial charge in [0.1, 0.15) is 11.5 Å². The maximum atomic E-state index is 10.2. The van der Waals surface area contributed by atoms with Crippen LogP contribution in [0.2, 0.25) is 0 Å². The highest BCUT2D eigenvalue weighted by molar-refractivity contribution is 5.46. The molecule has 5 heteroatoms. The van der Waals surface area contributed by atoms with Gasteiger partial charge in [-0.25, -0.2) is 0 Å². The van der Waals surface area contributed by atoms with Crippen LogP contribution in [0.5, 0.6) is 11.5 Å². The fraction of sp³-hybridized carbons (Fsp3) is 0.478. The first kappa shape index (κ1) is 19.1. The number of ether oxygens (including phenoxy) is 1. The van der Waals surface area contributed by atoms with Crippen LogP contribution in [0.15, 0.2) is 48.5 Å². The fourth-order valence-electron chi connectivity index (χ4n) is 4.51. The Bertz CT molecular complexity index is 760. The number of piperazine rings is 1. The molecule has 2 saturated heterocycles. The third-order valence-electron chi connectivity index (χ3n) is 6.11. The van der Waals surface area contributed by atoms with Crippen LogP contribution in [0, 0.1) is 0 Å². The van der Waals surface area contributed by atoms with Gasteiger partial charge in [-0.05, 0) is 49.7 Å². The average Bonchev–Trinajstić information content (AvgIpc) is 2.76. The molecule has 0 radical (unpaired) electrons. The molecule has 2 aromatic rings. The number of rotatable bonds is 5. The lowest BCUT2D eigenvalue weighted by Crippen LogP contribution is -2.55. The van der Waals surface area contributed by atoms with Gasteiger partial charge in [0.25, 0.3) is 0 Å². The van der Waals surface area contributed by atoms with E-state index in [1.54, 1.807) is 13.2 Å². The summed E-state index contributed by atoms with van der Waals surface area (Å²) < 4.78 is 5.32. The van der Waals surface area contributed by atoms with Gasteiger partial charge < -0.3 is 14.7 Å². The number of hydrogen-bond acceptors (Lipinski definition) is 5. The van der Waals surface area contributed by atoms with E-state index in [0.717, 1.165) is 57.1 Å². The minimum Gasteiger partial charge on any atom is -0.508 e. The van der Waals surface area contributed by atoms with Gasteiger partial charge in [0, 0.05) is 56.6 Å². The maximum absolute atomic E-state index is 10.2. The molecule has 0 spiro atoms. The monoisotopic (exact) mass is 381 g/mol. The minimum atomic E-state index is 0.361. The van der Waals surface area contributed by atoms with Gasteiger partial charge in [-0.1, -0.05) is 18.2 Å². The summed E-state index contributed by atoms with van der Waals surface area (Å²) in [7, 11) is 1.67. The Hall–Kier alpha value is -2.24. The van der Waals surface area contributed by atoms with E-state index in [2.05, 4.69) is 45.0 Å². The first-order chi connectivity index (χ1) is 13.7. The van der Waals surface area contributed by atoms with Crippen molar-refractivity contribution in [3.8, 4) is 11.5 Å². The second kappa shape index (κ2) is 8.84. The number of piperidine rings is 1. The zero-order valence-electron chi connectivity index (χ0n) is 16.8. The van der Waals surface area contributed by atoms with Crippen LogP contribution in [0.4, 0.5) is 5.69 Å². The van der Waals surface area contributed by atoms with E-state index >= 15 is 0 Å². The lowest BCUT2D eigenvalue weighted by molar-refractivity contribution is 0.0883. The zero-order chi connectivity index (χ0) is 19.3. The normalized spacial score (nSPS) is 21.6. The molecule has 2 aliphatic heterocycles. The summed E-state index contributed by atoms with van der Waals surface area (Å²) in [6.07, 6.45) is 2.49. The predicted molar refractivity (Wildman–Crippen MR) is 113 cm³/mol. The average molecular weight is 382 g/mol. The Morgan fingerprint density at radius 3 is 2.54 bits per heavy atom. The summed E-state index contributed by atoms with van der Waals surface area (Å²) in [6, 6.07) is 16.8. The highest BCUT2D eigenvalue weighted by atomic mass is 16.5. The molecule has 2 aromatic carbocycles. The molecule has 2 aliphatic rings. The fourth-order valence-corrected chi connectivity index (χ4v) is 4.51. The van der Waals surface area contributed by atoms with Gasteiger partial charge in [-0.15, -0.1) is 0 Å². The lowest BCUT2D eigenvalue weighted by Gasteiger charge is -2.44. The number of phenolic OH excluding ortho intramolecular Hbond substituents is 1. The molecule has 2 fully saturated rings. The number of benzene rings is 2. The van der Waals surface area contributed by atoms with E-state index in [4.69, 9.17) is 4.74 Å². The first-order valence-corrected chi connectivity index (χ1v) is 10.4. The predicted octanol–water partition coefficient (Wildman–Crippen LogP) is 3.19. The van der Waals surface area contributed by atoms with Gasteiger partial charge in [0.15, 0.2) is 0 Å². The van der Waals surface area contributed by atoms with Crippen LogP contribution in [-0.4, -0.2) is 67.3 Å². The zero-order valence-corrected chi connectivity index (χ0v) is 16.8. The number of phenols is 1. The van der Waals surface area contributed by atoms with Crippen LogP contribution in [0.25, 0.3) is 0 Å². The maximum Gasteiger partial charge on any atom is 0.120 e. The van der Waals surface area contributed by atoms with Crippen LogP contribution < -0.4 is 9.64 Å². The van der Waals surface area contributed by atoms with E-state index in [9.17, 15) is 5.11 Å². The Kier molecular flexibility index (Phi) is 6.03. The molecule has 1 atom stereocenters. The summed E-state index contributed by atoms with van der Waals surface area (Å²) in [5.41, 5.74) is 2.29. The number of aromatic hydroxyl groups is 1. The number of likely N-dealkylation sites (tertiary alicyclic amines) is 1. The Labute approximate surface area is 168 Å². The minimum absolute atomic E-state index is 0.361. The van der Waals surface area contributed by atoms with E-state index in [1.807, 2.05) is 12.1 Å². The molecule has 2 heterocycles. The topological polar surface area (TPSA) is 39.2 Å². The molecule has 0 saturated carbocycles. The molecule has 150 valence electrons. The molecule has 28 heavy (non-hydrogen) atoms. The van der Waals surface area contributed by atoms with Crippen LogP contribution >= 0.6 is 0 Å². The van der Waals surface area contributed by atoms with Crippen molar-refractivity contribution in [2.45, 2.75) is 25.4 Å². The van der Waals surface area contributed by atoms with Gasteiger partial charge in [-0.3, -0.25) is 9.80 Å². The Morgan fingerprint density at radius 2 is 1.79 bits per heavy atom. The Morgan fingerprint density at radius 1 is 1.00 bits per heavy atom. The first-order valence-electron chi connectivity index (χ1n) is 10.4. The van der Waals surface area contributed by atoms with Crippen molar-refractivity contribution in [2.24, 2.45) is 0 Å². The molecule has 0 aromatic heterocycles. The highest BCUT2D eigenvalue weighted by Crippen LogP contribution is 2.27. The molecule has 0 aliphatic carbocycles. The summed E-state index contributed by atoms with van der Waals surface area (Å²) in [5, 5.41) is 10.2. The molecular formula is C23H31N3O2. The second-order valence-electron chi connectivity index (χ2n) is 7.88. The number of nitrogens with zero attached hydrogens (tertiary/aromatic N) is 3. The van der Waals surface area contributed by atoms with Gasteiger partial charge in [0.2, 0.25) is 0 Å². The number of hydrogen-bond donors (Lipinski definition) is 1. The van der Waals surface area contributed by atoms with Crippen molar-refractivity contribution in [1.29, 1.82) is 0 Å². The molecule has 1 N–H and O–H groups in total. The van der Waals surface area contributed by atoms with Crippen molar-refractivity contribution in [3.63, 3.8) is 0 Å². The molecule has 1 unspecified atom stereocenters. The summed E-state index contributed by atoms with van der Waals surface area (Å²) in [4.78, 5) is 7.63. The van der Waals surface area contributed by atoms with E-state index in [0.29, 0.717) is 11.8 Å². The number of anilines is 1. The molecule has 0 bridgehead atoms. The summed E-state index contributed by atoms with van der Waals surface area (Å²) in [5.74, 6) is 1.16. The molecule has 5 nitrogen and oxygen atoms in total. The van der Waals surface area contributed by atoms with E-state index < -0.39 is 0 Å². The van der Waals surface area contributed by atoms with Crippen molar-refractivity contribution in [2.75, 3.05) is 51.3 Å². The van der Waals surface area contributed by atoms with Crippen LogP contribution in [0.1, 0.15) is 18.4 Å². The number of para-hydroxylation sites is 1. The highest BCUT2D eigenvalue weighted by Gasteiger charge is 2.28. The molecule has 0 amide bonds. The quantitative estimate of drug-likeness (QED) is 0.861. The largest absolute Gasteiger partial charge is 0.508 e. The van der Waals surface area contributed by atoms with Crippen molar-refractivity contribution in [1.82, 2.24) is 9.80 Å². The van der Waals surface area contributed by atoms with Crippen molar-refractivity contribution < 1.29 is 9.84 Å². The Balaban J connectivity index is 1.33. The van der Waals surface area contributed by atoms with Gasteiger partial charge in [0.05, 0.1) is 7.11 Å². The molecular weight excluding hydrogens is 350 g/mol. The lowest BCUT2D eigenvalue weighted by atomic mass is 10.0. The summed E-state index contributed by atoms with van der Waals surface area (Å²) in [6.45, 7) is 7.38. The smallest absolute Gasteiger partial charge is 0.120 e. The summed E-state index contributed by atoms with van der Waals surface area (Å²) >= 11 is 0. The van der Waals surface area contributed by atoms with Gasteiger partial charge >= 0.3 is 0 Å². The number of methoxy groups -OCH3 is 1. The van der Waals surface area contributed by atoms with Crippen LogP contribution in [0.3, 0.4) is 0 Å². The van der Waals surface area contributed by atoms with Crippen molar-refractivity contribution >= 4 is 5.69 Å². The van der Waals surface area contributed by atoms with Crippen LogP contribution in [-0.2, 0) is 6.54 Å². The second-order valence-corrected chi connectivity index (χ2v) is 7.88. The van der Waals surface area contributed by atoms with E-state index in [-0.39, 0.29) is 0 Å². The van der Waals surface area contributed by atoms with Crippen molar-refractivity contribution in [3.05, 3.63) is 54.1 Å². The molecule has 4 rings (SSSR count). The third-order valence-corrected chi connectivity index (χ3v) is 6.11. The SMILES string of the molecule is COc1ccc(O)c(CN2CCCC(N3CCN(c4ccccc4)CC3)C2)c1. The van der Waals surface area contributed by atoms with E-state index in [1.165, 1.54) is 18.5 Å². The third kappa shape index (κ3) is 4.42.